The number of aliphatic hydroxyl groups excluding tert-OH is 3. The number of rotatable bonds is 3. The third kappa shape index (κ3) is 2.01. The maximum atomic E-state index is 11.8. The number of H-pyrrole nitrogens is 1. The maximum absolute atomic E-state index is 11.8. The molecule has 12 heteroatoms. The number of imidazole rings is 1. The Morgan fingerprint density at radius 2 is 2.09 bits per heavy atom. The van der Waals surface area contributed by atoms with Gasteiger partial charge in [-0.2, -0.15) is 4.98 Å². The quantitative estimate of drug-likeness (QED) is 0.221. The summed E-state index contributed by atoms with van der Waals surface area (Å²) in [6, 6.07) is 0. The molecule has 3 heterocycles. The van der Waals surface area contributed by atoms with Gasteiger partial charge in [0.05, 0.1) is 6.61 Å². The molecule has 120 valence electrons. The number of fused-ring (bicyclic) bond motifs is 1. The van der Waals surface area contributed by atoms with Crippen LogP contribution in [0.25, 0.3) is 11.2 Å². The van der Waals surface area contributed by atoms with E-state index in [0.717, 1.165) is 0 Å². The zero-order chi connectivity index (χ0) is 16.0. The molecule has 0 saturated carbocycles. The minimum absolute atomic E-state index is 0.0176. The first kappa shape index (κ1) is 14.7. The van der Waals surface area contributed by atoms with E-state index in [9.17, 15) is 15.0 Å². The van der Waals surface area contributed by atoms with E-state index in [0.29, 0.717) is 0 Å². The molecule has 3 rings (SSSR count). The molecule has 0 unspecified atom stereocenters. The minimum Gasteiger partial charge on any atom is -0.394 e. The third-order valence-electron chi connectivity index (χ3n) is 3.47. The fourth-order valence-electron chi connectivity index (χ4n) is 2.44. The normalized spacial score (nSPS) is 28.4. The van der Waals surface area contributed by atoms with E-state index < -0.39 is 36.7 Å². The number of nitrogens with two attached hydrogens (primary N) is 2. The standard InChI is InChI=1S/C10H15N7O5/c11-9-14-6-3(7(21)15-9)13-10(16-12)17(6)8-5(20)4(19)2(1-18)22-8/h2,4-5,8,18-20H,1,12H2,(H,13,16)(H3,11,14,15,21)/t2-,4-,5+,8-/m1/s1. The molecule has 1 aliphatic heterocycles. The summed E-state index contributed by atoms with van der Waals surface area (Å²) in [5.74, 6) is 5.19. The number of ether oxygens (including phenoxy) is 1. The first-order chi connectivity index (χ1) is 10.5. The highest BCUT2D eigenvalue weighted by atomic mass is 16.6. The second-order valence-electron chi connectivity index (χ2n) is 4.80. The van der Waals surface area contributed by atoms with Crippen LogP contribution < -0.4 is 22.6 Å². The summed E-state index contributed by atoms with van der Waals surface area (Å²) in [6.45, 7) is -0.497. The van der Waals surface area contributed by atoms with Crippen LogP contribution in [0.15, 0.2) is 4.79 Å². The molecule has 0 amide bonds. The van der Waals surface area contributed by atoms with Crippen molar-refractivity contribution in [3.8, 4) is 0 Å². The SMILES string of the molecule is NNc1nc2c(=O)[nH]c(N)nc2n1[C@@H]1O[C@H](CO)[C@@H](O)[C@@H]1O. The summed E-state index contributed by atoms with van der Waals surface area (Å²) < 4.78 is 6.59. The van der Waals surface area contributed by atoms with E-state index in [1.165, 1.54) is 4.57 Å². The average Bonchev–Trinajstić information content (AvgIpc) is 2.98. The number of nitrogens with one attached hydrogen (secondary N) is 2. The smallest absolute Gasteiger partial charge is 0.280 e. The predicted molar refractivity (Wildman–Crippen MR) is 73.4 cm³/mol. The van der Waals surface area contributed by atoms with Gasteiger partial charge in [0.2, 0.25) is 11.9 Å². The van der Waals surface area contributed by atoms with Crippen LogP contribution in [0.1, 0.15) is 6.23 Å². The second-order valence-corrected chi connectivity index (χ2v) is 4.80. The van der Waals surface area contributed by atoms with Gasteiger partial charge < -0.3 is 25.8 Å². The number of hydrogen-bond acceptors (Lipinski definition) is 10. The number of hydrazine groups is 1. The highest BCUT2D eigenvalue weighted by molar-refractivity contribution is 5.74. The summed E-state index contributed by atoms with van der Waals surface area (Å²) in [4.78, 5) is 22.0. The fraction of sp³-hybridized carbons (Fsp3) is 0.500. The molecular formula is C10H15N7O5. The Morgan fingerprint density at radius 1 is 1.36 bits per heavy atom. The van der Waals surface area contributed by atoms with Crippen molar-refractivity contribution in [2.45, 2.75) is 24.5 Å². The third-order valence-corrected chi connectivity index (χ3v) is 3.47. The van der Waals surface area contributed by atoms with Gasteiger partial charge in [-0.25, -0.2) is 10.8 Å². The molecule has 0 spiro atoms. The molecule has 0 bridgehead atoms. The molecule has 22 heavy (non-hydrogen) atoms. The van der Waals surface area contributed by atoms with Crippen molar-refractivity contribution in [2.24, 2.45) is 5.84 Å². The van der Waals surface area contributed by atoms with Crippen molar-refractivity contribution in [3.63, 3.8) is 0 Å². The van der Waals surface area contributed by atoms with Crippen LogP contribution in [0, 0.1) is 0 Å². The summed E-state index contributed by atoms with van der Waals surface area (Å²) in [7, 11) is 0. The largest absolute Gasteiger partial charge is 0.394 e. The van der Waals surface area contributed by atoms with Crippen LogP contribution in [-0.2, 0) is 4.74 Å². The highest BCUT2D eigenvalue weighted by Gasteiger charge is 2.45. The van der Waals surface area contributed by atoms with E-state index in [2.05, 4.69) is 20.4 Å². The van der Waals surface area contributed by atoms with E-state index in [1.54, 1.807) is 0 Å². The van der Waals surface area contributed by atoms with Gasteiger partial charge in [0, 0.05) is 0 Å². The van der Waals surface area contributed by atoms with Gasteiger partial charge in [0.1, 0.15) is 18.3 Å². The Balaban J connectivity index is 2.20. The molecule has 1 aliphatic rings. The fourth-order valence-corrected chi connectivity index (χ4v) is 2.44. The predicted octanol–water partition coefficient (Wildman–Crippen LogP) is -3.40. The van der Waals surface area contributed by atoms with Crippen molar-refractivity contribution in [1.82, 2.24) is 19.5 Å². The number of hydrogen-bond donors (Lipinski definition) is 7. The van der Waals surface area contributed by atoms with Crippen molar-refractivity contribution in [1.29, 1.82) is 0 Å². The van der Waals surface area contributed by atoms with Gasteiger partial charge in [-0.15, -0.1) is 0 Å². The number of aromatic amines is 1. The molecule has 2 aromatic heterocycles. The van der Waals surface area contributed by atoms with E-state index >= 15 is 0 Å². The Hall–Kier alpha value is -2.25. The Labute approximate surface area is 122 Å². The lowest BCUT2D eigenvalue weighted by Gasteiger charge is -2.18. The monoisotopic (exact) mass is 313 g/mol. The van der Waals surface area contributed by atoms with Gasteiger partial charge in [0.15, 0.2) is 17.4 Å². The van der Waals surface area contributed by atoms with Gasteiger partial charge in [-0.3, -0.25) is 19.8 Å². The molecular weight excluding hydrogens is 298 g/mol. The van der Waals surface area contributed by atoms with Crippen molar-refractivity contribution < 1.29 is 20.1 Å². The lowest BCUT2D eigenvalue weighted by molar-refractivity contribution is -0.0501. The van der Waals surface area contributed by atoms with E-state index in [1.807, 2.05) is 0 Å². The Kier molecular flexibility index (Phi) is 3.46. The molecule has 0 radical (unpaired) electrons. The molecule has 0 aliphatic carbocycles. The van der Waals surface area contributed by atoms with Crippen LogP contribution in [0.5, 0.6) is 0 Å². The molecule has 4 atom stereocenters. The van der Waals surface area contributed by atoms with Gasteiger partial charge in [-0.1, -0.05) is 0 Å². The van der Waals surface area contributed by atoms with E-state index in [4.69, 9.17) is 21.4 Å². The van der Waals surface area contributed by atoms with Crippen molar-refractivity contribution >= 4 is 23.1 Å². The first-order valence-corrected chi connectivity index (χ1v) is 6.34. The first-order valence-electron chi connectivity index (χ1n) is 6.34. The second kappa shape index (κ2) is 5.19. The zero-order valence-electron chi connectivity index (χ0n) is 11.2. The van der Waals surface area contributed by atoms with Crippen LogP contribution in [-0.4, -0.2) is 59.8 Å². The maximum Gasteiger partial charge on any atom is 0.280 e. The lowest BCUT2D eigenvalue weighted by Crippen LogP contribution is -2.33. The average molecular weight is 313 g/mol. The number of aromatic nitrogens is 4. The molecule has 1 fully saturated rings. The number of aliphatic hydroxyl groups is 3. The van der Waals surface area contributed by atoms with Crippen LogP contribution in [0.2, 0.25) is 0 Å². The molecule has 9 N–H and O–H groups in total. The summed E-state index contributed by atoms with van der Waals surface area (Å²) in [5, 5.41) is 29.1. The zero-order valence-corrected chi connectivity index (χ0v) is 11.2. The van der Waals surface area contributed by atoms with Crippen LogP contribution >= 0.6 is 0 Å². The van der Waals surface area contributed by atoms with E-state index in [-0.39, 0.29) is 23.1 Å². The van der Waals surface area contributed by atoms with Gasteiger partial charge in [-0.05, 0) is 0 Å². The Morgan fingerprint density at radius 3 is 2.68 bits per heavy atom. The van der Waals surface area contributed by atoms with Gasteiger partial charge in [0.25, 0.3) is 5.56 Å². The van der Waals surface area contributed by atoms with Crippen LogP contribution in [0.4, 0.5) is 11.9 Å². The number of nitrogen functional groups attached to an aromatic ring is 2. The lowest BCUT2D eigenvalue weighted by atomic mass is 10.1. The molecule has 12 nitrogen and oxygen atoms in total. The molecule has 0 aromatic carbocycles. The van der Waals surface area contributed by atoms with Crippen LogP contribution in [0.3, 0.4) is 0 Å². The van der Waals surface area contributed by atoms with Crippen molar-refractivity contribution in [2.75, 3.05) is 17.8 Å². The Bertz CT molecular complexity index is 758. The topological polar surface area (TPSA) is 198 Å². The molecule has 2 aromatic rings. The summed E-state index contributed by atoms with van der Waals surface area (Å²) in [5.41, 5.74) is 7.12. The van der Waals surface area contributed by atoms with Gasteiger partial charge >= 0.3 is 0 Å². The molecule has 1 saturated heterocycles. The number of nitrogens with zero attached hydrogens (tertiary/aromatic N) is 3. The van der Waals surface area contributed by atoms with Crippen molar-refractivity contribution in [3.05, 3.63) is 10.4 Å². The number of anilines is 2. The minimum atomic E-state index is -1.39. The summed E-state index contributed by atoms with van der Waals surface area (Å²) >= 11 is 0. The summed E-state index contributed by atoms with van der Waals surface area (Å²) in [6.07, 6.45) is -4.86. The highest BCUT2D eigenvalue weighted by Crippen LogP contribution is 2.33.